The summed E-state index contributed by atoms with van der Waals surface area (Å²) in [5, 5.41) is 6.07. The minimum Gasteiger partial charge on any atom is -0.406 e. The second-order valence-corrected chi connectivity index (χ2v) is 5.49. The van der Waals surface area contributed by atoms with Gasteiger partial charge >= 0.3 is 6.36 Å². The molecule has 2 N–H and O–H groups in total. The molecule has 0 saturated heterocycles. The Morgan fingerprint density at radius 3 is 2.38 bits per heavy atom. The van der Waals surface area contributed by atoms with Gasteiger partial charge in [-0.3, -0.25) is 0 Å². The maximum atomic E-state index is 12.3. The van der Waals surface area contributed by atoms with Crippen LogP contribution >= 0.6 is 11.6 Å². The van der Waals surface area contributed by atoms with Gasteiger partial charge in [0, 0.05) is 17.4 Å². The first kappa shape index (κ1) is 17.8. The number of para-hydroxylation sites is 1. The van der Waals surface area contributed by atoms with E-state index in [1.807, 2.05) is 30.3 Å². The molecule has 3 aromatic rings. The van der Waals surface area contributed by atoms with Crippen LogP contribution in [0.25, 0.3) is 0 Å². The first-order valence-corrected chi connectivity index (χ1v) is 7.74. The van der Waals surface area contributed by atoms with Crippen LogP contribution in [0.15, 0.2) is 60.8 Å². The molecular formula is C17H12ClF3N4O. The van der Waals surface area contributed by atoms with E-state index in [0.717, 1.165) is 5.69 Å². The van der Waals surface area contributed by atoms with Gasteiger partial charge in [0.15, 0.2) is 5.82 Å². The Bertz CT molecular complexity index is 891. The van der Waals surface area contributed by atoms with E-state index in [9.17, 15) is 13.2 Å². The van der Waals surface area contributed by atoms with Crippen molar-refractivity contribution in [3.05, 3.63) is 65.8 Å². The highest BCUT2D eigenvalue weighted by molar-refractivity contribution is 6.32. The average molecular weight is 381 g/mol. The quantitative estimate of drug-likeness (QED) is 0.610. The molecule has 0 aliphatic rings. The third-order valence-corrected chi connectivity index (χ3v) is 3.38. The number of alkyl halides is 3. The average Bonchev–Trinajstić information content (AvgIpc) is 2.58. The first-order chi connectivity index (χ1) is 12.4. The highest BCUT2D eigenvalue weighted by Crippen LogP contribution is 2.29. The van der Waals surface area contributed by atoms with Crippen molar-refractivity contribution in [2.75, 3.05) is 10.6 Å². The molecule has 5 nitrogen and oxygen atoms in total. The topological polar surface area (TPSA) is 59.1 Å². The Balaban J connectivity index is 1.79. The number of halogens is 4. The fraction of sp³-hybridized carbons (Fsp3) is 0.0588. The molecule has 0 radical (unpaired) electrons. The van der Waals surface area contributed by atoms with Crippen LogP contribution in [-0.2, 0) is 0 Å². The van der Waals surface area contributed by atoms with Crippen molar-refractivity contribution >= 4 is 34.7 Å². The summed E-state index contributed by atoms with van der Waals surface area (Å²) in [6.07, 6.45) is -3.38. The lowest BCUT2D eigenvalue weighted by molar-refractivity contribution is -0.274. The summed E-state index contributed by atoms with van der Waals surface area (Å²) in [6, 6.07) is 14.6. The number of hydrogen-bond donors (Lipinski definition) is 2. The van der Waals surface area contributed by atoms with E-state index in [-0.39, 0.29) is 22.5 Å². The van der Waals surface area contributed by atoms with Crippen molar-refractivity contribution in [1.29, 1.82) is 0 Å². The largest absolute Gasteiger partial charge is 0.573 e. The molecular weight excluding hydrogens is 369 g/mol. The summed E-state index contributed by atoms with van der Waals surface area (Å²) in [5.41, 5.74) is 1.11. The highest BCUT2D eigenvalue weighted by atomic mass is 35.5. The Morgan fingerprint density at radius 1 is 0.923 bits per heavy atom. The molecule has 0 atom stereocenters. The van der Waals surface area contributed by atoms with Crippen molar-refractivity contribution in [1.82, 2.24) is 9.97 Å². The van der Waals surface area contributed by atoms with E-state index >= 15 is 0 Å². The van der Waals surface area contributed by atoms with Gasteiger partial charge in [-0.15, -0.1) is 13.2 Å². The minimum atomic E-state index is -4.77. The minimum absolute atomic E-state index is 0.214. The molecule has 0 saturated carbocycles. The second-order valence-electron chi connectivity index (χ2n) is 5.08. The maximum Gasteiger partial charge on any atom is 0.573 e. The molecule has 0 bridgehead atoms. The third-order valence-electron chi connectivity index (χ3n) is 3.10. The van der Waals surface area contributed by atoms with E-state index in [1.54, 1.807) is 6.07 Å². The van der Waals surface area contributed by atoms with Crippen LogP contribution in [0, 0.1) is 0 Å². The van der Waals surface area contributed by atoms with E-state index in [2.05, 4.69) is 25.3 Å². The summed E-state index contributed by atoms with van der Waals surface area (Å²) >= 11 is 6.07. The predicted molar refractivity (Wildman–Crippen MR) is 93.2 cm³/mol. The Hall–Kier alpha value is -3.00. The van der Waals surface area contributed by atoms with Gasteiger partial charge in [-0.1, -0.05) is 35.9 Å². The van der Waals surface area contributed by atoms with Crippen molar-refractivity contribution in [2.24, 2.45) is 0 Å². The maximum absolute atomic E-state index is 12.3. The van der Waals surface area contributed by atoms with Crippen molar-refractivity contribution in [3.63, 3.8) is 0 Å². The van der Waals surface area contributed by atoms with Crippen LogP contribution in [0.1, 0.15) is 0 Å². The molecule has 0 amide bonds. The highest BCUT2D eigenvalue weighted by Gasteiger charge is 2.31. The van der Waals surface area contributed by atoms with Crippen molar-refractivity contribution < 1.29 is 17.9 Å². The molecule has 1 aromatic heterocycles. The lowest BCUT2D eigenvalue weighted by atomic mass is 10.3. The molecule has 26 heavy (non-hydrogen) atoms. The SMILES string of the molecule is FC(F)(F)Oc1cccc(Nc2nc(Nc3ccccc3)ncc2Cl)c1. The number of benzene rings is 2. The molecule has 0 unspecified atom stereocenters. The normalized spacial score (nSPS) is 11.1. The smallest absolute Gasteiger partial charge is 0.406 e. The van der Waals surface area contributed by atoms with E-state index in [4.69, 9.17) is 11.6 Å². The number of nitrogens with zero attached hydrogens (tertiary/aromatic N) is 2. The molecule has 0 spiro atoms. The van der Waals surface area contributed by atoms with Crippen LogP contribution in [-0.4, -0.2) is 16.3 Å². The zero-order valence-electron chi connectivity index (χ0n) is 13.1. The Kier molecular flexibility index (Phi) is 5.13. The summed E-state index contributed by atoms with van der Waals surface area (Å²) in [7, 11) is 0. The molecule has 3 rings (SSSR count). The molecule has 2 aromatic carbocycles. The Labute approximate surface area is 151 Å². The van der Waals surface area contributed by atoms with Gasteiger partial charge in [0.2, 0.25) is 5.95 Å². The summed E-state index contributed by atoms with van der Waals surface area (Å²) in [6.45, 7) is 0. The van der Waals surface area contributed by atoms with Crippen molar-refractivity contribution in [2.45, 2.75) is 6.36 Å². The number of ether oxygens (including phenoxy) is 1. The van der Waals surface area contributed by atoms with E-state index in [1.165, 1.54) is 24.4 Å². The molecule has 1 heterocycles. The predicted octanol–water partition coefficient (Wildman–Crippen LogP) is 5.52. The molecule has 0 aliphatic carbocycles. The lowest BCUT2D eigenvalue weighted by Gasteiger charge is -2.12. The fourth-order valence-corrected chi connectivity index (χ4v) is 2.21. The standard InChI is InChI=1S/C17H12ClF3N4O/c18-14-10-22-16(24-11-5-2-1-3-6-11)25-15(14)23-12-7-4-8-13(9-12)26-17(19,20)21/h1-10H,(H2,22,23,24,25). The van der Waals surface area contributed by atoms with Gasteiger partial charge in [0.25, 0.3) is 0 Å². The van der Waals surface area contributed by atoms with Gasteiger partial charge in [-0.25, -0.2) is 4.98 Å². The first-order valence-electron chi connectivity index (χ1n) is 7.36. The van der Waals surface area contributed by atoms with Crippen LogP contribution in [0.2, 0.25) is 5.02 Å². The molecule has 0 fully saturated rings. The number of anilines is 4. The van der Waals surface area contributed by atoms with Gasteiger partial charge in [-0.05, 0) is 24.3 Å². The van der Waals surface area contributed by atoms with Crippen LogP contribution in [0.3, 0.4) is 0 Å². The zero-order valence-corrected chi connectivity index (χ0v) is 13.8. The van der Waals surface area contributed by atoms with Crippen molar-refractivity contribution in [3.8, 4) is 5.75 Å². The third kappa shape index (κ3) is 5.00. The van der Waals surface area contributed by atoms with Gasteiger partial charge in [0.1, 0.15) is 10.8 Å². The van der Waals surface area contributed by atoms with Crippen LogP contribution in [0.4, 0.5) is 36.3 Å². The van der Waals surface area contributed by atoms with Crippen LogP contribution < -0.4 is 15.4 Å². The lowest BCUT2D eigenvalue weighted by Crippen LogP contribution is -2.17. The summed E-state index contributed by atoms with van der Waals surface area (Å²) in [5.74, 6) is 0.172. The molecule has 0 aliphatic heterocycles. The summed E-state index contributed by atoms with van der Waals surface area (Å²) < 4.78 is 40.9. The monoisotopic (exact) mass is 380 g/mol. The number of nitrogens with one attached hydrogen (secondary N) is 2. The van der Waals surface area contributed by atoms with E-state index in [0.29, 0.717) is 5.69 Å². The molecule has 9 heteroatoms. The second kappa shape index (κ2) is 7.49. The number of rotatable bonds is 5. The summed E-state index contributed by atoms with van der Waals surface area (Å²) in [4.78, 5) is 8.31. The van der Waals surface area contributed by atoms with Crippen LogP contribution in [0.5, 0.6) is 5.75 Å². The Morgan fingerprint density at radius 2 is 1.65 bits per heavy atom. The van der Waals surface area contributed by atoms with Gasteiger partial charge in [0.05, 0.1) is 6.20 Å². The number of hydrogen-bond acceptors (Lipinski definition) is 5. The zero-order chi connectivity index (χ0) is 18.6. The number of aromatic nitrogens is 2. The van der Waals surface area contributed by atoms with E-state index < -0.39 is 6.36 Å². The van der Waals surface area contributed by atoms with Gasteiger partial charge < -0.3 is 15.4 Å². The van der Waals surface area contributed by atoms with Gasteiger partial charge in [-0.2, -0.15) is 4.98 Å². The molecule has 134 valence electrons. The fourth-order valence-electron chi connectivity index (χ4n) is 2.07.